The van der Waals surface area contributed by atoms with Crippen LogP contribution in [0.25, 0.3) is 0 Å². The molecule has 1 heterocycles. The molecule has 2 nitrogen and oxygen atoms in total. The molecule has 4 heteroatoms. The molecule has 0 fully saturated rings. The van der Waals surface area contributed by atoms with E-state index in [1.54, 1.807) is 17.8 Å². The molecule has 1 aromatic heterocycles. The molecule has 1 atom stereocenters. The molecule has 1 rings (SSSR count). The lowest BCUT2D eigenvalue weighted by molar-refractivity contribution is 0.906. The molecule has 0 saturated carbocycles. The van der Waals surface area contributed by atoms with Crippen LogP contribution in [0.3, 0.4) is 0 Å². The van der Waals surface area contributed by atoms with Crippen molar-refractivity contribution in [1.82, 2.24) is 4.98 Å². The number of alkyl halides is 1. The number of halogens is 1. The summed E-state index contributed by atoms with van der Waals surface area (Å²) < 4.78 is 0. The molecule has 0 amide bonds. The fraction of sp³-hybridized carbons (Fsp3) is 0.400. The number of hydrogen-bond donors (Lipinski definition) is 0. The van der Waals surface area contributed by atoms with Crippen molar-refractivity contribution in [3.63, 3.8) is 0 Å². The Hall–Kier alpha value is -0.720. The van der Waals surface area contributed by atoms with Crippen LogP contribution in [0, 0.1) is 11.3 Å². The maximum atomic E-state index is 8.66. The summed E-state index contributed by atoms with van der Waals surface area (Å²) in [5.41, 5.74) is 0.466. The van der Waals surface area contributed by atoms with Crippen LogP contribution in [0.2, 0.25) is 0 Å². The SMILES string of the molecule is CC(CCCl)Sc1cccc(C#N)n1. The second kappa shape index (κ2) is 5.90. The molecule has 0 N–H and O–H groups in total. The predicted molar refractivity (Wildman–Crippen MR) is 59.6 cm³/mol. The van der Waals surface area contributed by atoms with Gasteiger partial charge in [-0.3, -0.25) is 0 Å². The van der Waals surface area contributed by atoms with Gasteiger partial charge in [0.25, 0.3) is 0 Å². The number of rotatable bonds is 4. The molecule has 74 valence electrons. The van der Waals surface area contributed by atoms with Crippen LogP contribution in [0.5, 0.6) is 0 Å². The first-order valence-corrected chi connectivity index (χ1v) is 5.77. The van der Waals surface area contributed by atoms with Crippen LogP contribution >= 0.6 is 23.4 Å². The lowest BCUT2D eigenvalue weighted by atomic mass is 10.4. The van der Waals surface area contributed by atoms with E-state index in [-0.39, 0.29) is 0 Å². The highest BCUT2D eigenvalue weighted by Crippen LogP contribution is 2.23. The normalized spacial score (nSPS) is 12.1. The van der Waals surface area contributed by atoms with Crippen molar-refractivity contribution < 1.29 is 0 Å². The third-order valence-electron chi connectivity index (χ3n) is 1.68. The van der Waals surface area contributed by atoms with Gasteiger partial charge in [0.15, 0.2) is 0 Å². The average molecular weight is 227 g/mol. The first-order valence-electron chi connectivity index (χ1n) is 4.36. The molecule has 14 heavy (non-hydrogen) atoms. The Balaban J connectivity index is 2.63. The largest absolute Gasteiger partial charge is 0.231 e. The van der Waals surface area contributed by atoms with Gasteiger partial charge in [-0.25, -0.2) is 4.98 Å². The smallest absolute Gasteiger partial charge is 0.141 e. The molecule has 0 aliphatic rings. The Labute approximate surface area is 93.3 Å². The molecule has 1 aromatic rings. The van der Waals surface area contributed by atoms with Gasteiger partial charge in [-0.15, -0.1) is 23.4 Å². The lowest BCUT2D eigenvalue weighted by Gasteiger charge is -2.07. The molecule has 0 saturated heterocycles. The van der Waals surface area contributed by atoms with Gasteiger partial charge in [-0.2, -0.15) is 5.26 Å². The van der Waals surface area contributed by atoms with Crippen molar-refractivity contribution in [3.05, 3.63) is 23.9 Å². The van der Waals surface area contributed by atoms with E-state index in [2.05, 4.69) is 11.9 Å². The second-order valence-corrected chi connectivity index (χ2v) is 4.72. The van der Waals surface area contributed by atoms with Crippen molar-refractivity contribution in [2.24, 2.45) is 0 Å². The van der Waals surface area contributed by atoms with Crippen molar-refractivity contribution >= 4 is 23.4 Å². The first kappa shape index (κ1) is 11.4. The Morgan fingerprint density at radius 1 is 1.64 bits per heavy atom. The number of nitriles is 1. The molecular weight excluding hydrogens is 216 g/mol. The Bertz CT molecular complexity index is 335. The summed E-state index contributed by atoms with van der Waals surface area (Å²) in [5, 5.41) is 9.99. The Kier molecular flexibility index (Phi) is 4.78. The zero-order valence-corrected chi connectivity index (χ0v) is 9.48. The summed E-state index contributed by atoms with van der Waals surface area (Å²) in [6.45, 7) is 2.10. The summed E-state index contributed by atoms with van der Waals surface area (Å²) >= 11 is 7.29. The standard InChI is InChI=1S/C10H11ClN2S/c1-8(5-6-11)14-10-4-2-3-9(7-12)13-10/h2-4,8H,5-6H2,1H3. The van der Waals surface area contributed by atoms with Crippen LogP contribution < -0.4 is 0 Å². The van der Waals surface area contributed by atoms with E-state index in [9.17, 15) is 0 Å². The number of nitrogens with zero attached hydrogens (tertiary/aromatic N) is 2. The van der Waals surface area contributed by atoms with Crippen LogP contribution in [0.1, 0.15) is 19.0 Å². The van der Waals surface area contributed by atoms with Gasteiger partial charge in [0.05, 0.1) is 5.03 Å². The quantitative estimate of drug-likeness (QED) is 0.585. The average Bonchev–Trinajstić information content (AvgIpc) is 2.18. The number of pyridine rings is 1. The van der Waals surface area contributed by atoms with E-state index in [0.717, 1.165) is 11.4 Å². The number of thioether (sulfide) groups is 1. The van der Waals surface area contributed by atoms with E-state index < -0.39 is 0 Å². The highest BCUT2D eigenvalue weighted by atomic mass is 35.5. The zero-order chi connectivity index (χ0) is 10.4. The summed E-state index contributed by atoms with van der Waals surface area (Å²) in [6.07, 6.45) is 0.949. The second-order valence-electron chi connectivity index (χ2n) is 2.88. The topological polar surface area (TPSA) is 36.7 Å². The van der Waals surface area contributed by atoms with E-state index in [0.29, 0.717) is 16.8 Å². The molecule has 0 bridgehead atoms. The molecule has 0 aliphatic heterocycles. The maximum absolute atomic E-state index is 8.66. The monoisotopic (exact) mass is 226 g/mol. The van der Waals surface area contributed by atoms with E-state index in [1.807, 2.05) is 18.2 Å². The molecule has 0 radical (unpaired) electrons. The number of aromatic nitrogens is 1. The van der Waals surface area contributed by atoms with Gasteiger partial charge < -0.3 is 0 Å². The third kappa shape index (κ3) is 3.57. The van der Waals surface area contributed by atoms with Crippen LogP contribution in [-0.4, -0.2) is 16.1 Å². The Morgan fingerprint density at radius 2 is 2.43 bits per heavy atom. The highest BCUT2D eigenvalue weighted by Gasteiger charge is 2.05. The molecule has 1 unspecified atom stereocenters. The minimum absolute atomic E-state index is 0.439. The predicted octanol–water partition coefficient (Wildman–Crippen LogP) is 3.06. The third-order valence-corrected chi connectivity index (χ3v) is 3.00. The fourth-order valence-corrected chi connectivity index (χ4v) is 2.37. The van der Waals surface area contributed by atoms with E-state index in [4.69, 9.17) is 16.9 Å². The van der Waals surface area contributed by atoms with Crippen LogP contribution in [0.4, 0.5) is 0 Å². The maximum Gasteiger partial charge on any atom is 0.141 e. The van der Waals surface area contributed by atoms with Gasteiger partial charge in [-0.05, 0) is 18.6 Å². The van der Waals surface area contributed by atoms with E-state index >= 15 is 0 Å². The van der Waals surface area contributed by atoms with Crippen molar-refractivity contribution in [2.45, 2.75) is 23.6 Å². The lowest BCUT2D eigenvalue weighted by Crippen LogP contribution is -1.97. The molecule has 0 spiro atoms. The molecule has 0 aromatic carbocycles. The minimum Gasteiger partial charge on any atom is -0.231 e. The van der Waals surface area contributed by atoms with Gasteiger partial charge in [-0.1, -0.05) is 13.0 Å². The van der Waals surface area contributed by atoms with Crippen LogP contribution in [-0.2, 0) is 0 Å². The summed E-state index contributed by atoms with van der Waals surface area (Å²) in [5.74, 6) is 0.659. The number of hydrogen-bond acceptors (Lipinski definition) is 3. The van der Waals surface area contributed by atoms with E-state index in [1.165, 1.54) is 0 Å². The van der Waals surface area contributed by atoms with Gasteiger partial charge >= 0.3 is 0 Å². The molecule has 0 aliphatic carbocycles. The van der Waals surface area contributed by atoms with Gasteiger partial charge in [0.2, 0.25) is 0 Å². The summed E-state index contributed by atoms with van der Waals surface area (Å²) in [4.78, 5) is 4.17. The van der Waals surface area contributed by atoms with Gasteiger partial charge in [0, 0.05) is 11.1 Å². The highest BCUT2D eigenvalue weighted by molar-refractivity contribution is 7.99. The zero-order valence-electron chi connectivity index (χ0n) is 7.90. The van der Waals surface area contributed by atoms with Gasteiger partial charge in [0.1, 0.15) is 11.8 Å². The molecular formula is C10H11ClN2S. The van der Waals surface area contributed by atoms with Crippen molar-refractivity contribution in [1.29, 1.82) is 5.26 Å². The van der Waals surface area contributed by atoms with Crippen molar-refractivity contribution in [2.75, 3.05) is 5.88 Å². The van der Waals surface area contributed by atoms with Crippen molar-refractivity contribution in [3.8, 4) is 6.07 Å². The van der Waals surface area contributed by atoms with Crippen LogP contribution in [0.15, 0.2) is 23.2 Å². The minimum atomic E-state index is 0.439. The summed E-state index contributed by atoms with van der Waals surface area (Å²) in [7, 11) is 0. The first-order chi connectivity index (χ1) is 6.76. The fourth-order valence-electron chi connectivity index (χ4n) is 0.961. The Morgan fingerprint density at radius 3 is 3.07 bits per heavy atom. The summed E-state index contributed by atoms with van der Waals surface area (Å²) in [6, 6.07) is 7.49.